The average molecular weight is 192 g/mol. The molecule has 0 aliphatic carbocycles. The maximum atomic E-state index is 10.7. The van der Waals surface area contributed by atoms with Gasteiger partial charge in [-0.15, -0.1) is 0 Å². The predicted molar refractivity (Wildman–Crippen MR) is 49.3 cm³/mol. The minimum absolute atomic E-state index is 0.0358. The first-order valence-corrected chi connectivity index (χ1v) is 3.97. The first-order chi connectivity index (χ1) is 6.58. The van der Waals surface area contributed by atoms with E-state index in [1.54, 1.807) is 13.2 Å². The van der Waals surface area contributed by atoms with Crippen LogP contribution in [0.4, 0.5) is 0 Å². The fraction of sp³-hybridized carbons (Fsp3) is 0.111. The second kappa shape index (κ2) is 2.73. The standard InChI is InChI=1S/C9H8N2O3/c1-11-4-6-7(10-11)2-5(9(13)14)3-8(6)12/h2-4,12H,1H3,(H,13,14). The number of phenols is 1. The summed E-state index contributed by atoms with van der Waals surface area (Å²) >= 11 is 0. The molecule has 14 heavy (non-hydrogen) atoms. The molecule has 0 bridgehead atoms. The molecule has 0 fully saturated rings. The lowest BCUT2D eigenvalue weighted by Crippen LogP contribution is -1.95. The number of hydrogen-bond acceptors (Lipinski definition) is 3. The van der Waals surface area contributed by atoms with Crippen molar-refractivity contribution in [2.75, 3.05) is 0 Å². The van der Waals surface area contributed by atoms with Gasteiger partial charge in [0, 0.05) is 13.2 Å². The number of benzene rings is 1. The van der Waals surface area contributed by atoms with Crippen molar-refractivity contribution in [3.05, 3.63) is 23.9 Å². The van der Waals surface area contributed by atoms with Gasteiger partial charge >= 0.3 is 5.97 Å². The molecular formula is C9H8N2O3. The van der Waals surface area contributed by atoms with E-state index in [-0.39, 0.29) is 11.3 Å². The summed E-state index contributed by atoms with van der Waals surface area (Å²) in [6, 6.07) is 2.64. The lowest BCUT2D eigenvalue weighted by Gasteiger charge is -1.96. The highest BCUT2D eigenvalue weighted by Crippen LogP contribution is 2.25. The van der Waals surface area contributed by atoms with Crippen LogP contribution in [0.25, 0.3) is 10.9 Å². The van der Waals surface area contributed by atoms with Crippen molar-refractivity contribution in [3.8, 4) is 5.75 Å². The summed E-state index contributed by atoms with van der Waals surface area (Å²) in [6.45, 7) is 0. The Hall–Kier alpha value is -2.04. The molecule has 0 spiro atoms. The normalized spacial score (nSPS) is 10.6. The van der Waals surface area contributed by atoms with Crippen LogP contribution >= 0.6 is 0 Å². The quantitative estimate of drug-likeness (QED) is 0.706. The molecule has 1 heterocycles. The largest absolute Gasteiger partial charge is 0.507 e. The van der Waals surface area contributed by atoms with Gasteiger partial charge < -0.3 is 10.2 Å². The Bertz CT molecular complexity index is 516. The number of carboxylic acid groups (broad SMARTS) is 1. The molecule has 0 saturated carbocycles. The van der Waals surface area contributed by atoms with Crippen molar-refractivity contribution >= 4 is 16.9 Å². The average Bonchev–Trinajstić information content (AvgIpc) is 2.45. The van der Waals surface area contributed by atoms with Gasteiger partial charge in [0.15, 0.2) is 0 Å². The van der Waals surface area contributed by atoms with Gasteiger partial charge in [-0.3, -0.25) is 4.68 Å². The highest BCUT2D eigenvalue weighted by atomic mass is 16.4. The van der Waals surface area contributed by atoms with Crippen molar-refractivity contribution in [2.24, 2.45) is 7.05 Å². The van der Waals surface area contributed by atoms with Crippen LogP contribution in [0, 0.1) is 0 Å². The highest BCUT2D eigenvalue weighted by Gasteiger charge is 2.10. The Morgan fingerprint density at radius 1 is 1.50 bits per heavy atom. The number of aromatic hydroxyl groups is 1. The van der Waals surface area contributed by atoms with Crippen molar-refractivity contribution in [2.45, 2.75) is 0 Å². The van der Waals surface area contributed by atoms with Gasteiger partial charge in [-0.05, 0) is 12.1 Å². The predicted octanol–water partition coefficient (Wildman–Crippen LogP) is 0.977. The highest BCUT2D eigenvalue weighted by molar-refractivity contribution is 5.95. The summed E-state index contributed by atoms with van der Waals surface area (Å²) in [4.78, 5) is 10.7. The lowest BCUT2D eigenvalue weighted by atomic mass is 10.1. The molecule has 0 radical (unpaired) electrons. The summed E-state index contributed by atoms with van der Waals surface area (Å²) in [5, 5.41) is 22.8. The number of fused-ring (bicyclic) bond motifs is 1. The van der Waals surface area contributed by atoms with Gasteiger partial charge in [0.05, 0.1) is 16.5 Å². The van der Waals surface area contributed by atoms with E-state index in [2.05, 4.69) is 5.10 Å². The molecule has 5 nitrogen and oxygen atoms in total. The molecule has 1 aromatic carbocycles. The molecule has 0 amide bonds. The molecule has 0 unspecified atom stereocenters. The van der Waals surface area contributed by atoms with Gasteiger partial charge in [-0.1, -0.05) is 0 Å². The van der Waals surface area contributed by atoms with Crippen LogP contribution in [0.3, 0.4) is 0 Å². The number of carboxylic acids is 1. The van der Waals surface area contributed by atoms with Crippen LogP contribution in [-0.4, -0.2) is 26.0 Å². The van der Waals surface area contributed by atoms with Crippen LogP contribution in [-0.2, 0) is 7.05 Å². The zero-order valence-electron chi connectivity index (χ0n) is 7.43. The van der Waals surface area contributed by atoms with Crippen LogP contribution < -0.4 is 0 Å². The van der Waals surface area contributed by atoms with Crippen molar-refractivity contribution in [1.29, 1.82) is 0 Å². The summed E-state index contributed by atoms with van der Waals surface area (Å²) in [6.07, 6.45) is 1.64. The lowest BCUT2D eigenvalue weighted by molar-refractivity contribution is 0.0696. The van der Waals surface area contributed by atoms with E-state index in [0.717, 1.165) is 0 Å². The van der Waals surface area contributed by atoms with Gasteiger partial charge in [0.25, 0.3) is 0 Å². The molecular weight excluding hydrogens is 184 g/mol. The molecule has 0 atom stereocenters. The van der Waals surface area contributed by atoms with Gasteiger partial charge in [0.2, 0.25) is 0 Å². The van der Waals surface area contributed by atoms with E-state index in [1.165, 1.54) is 16.8 Å². The van der Waals surface area contributed by atoms with Gasteiger partial charge in [-0.25, -0.2) is 4.79 Å². The minimum atomic E-state index is -1.08. The van der Waals surface area contributed by atoms with Gasteiger partial charge in [-0.2, -0.15) is 5.10 Å². The molecule has 2 aromatic rings. The fourth-order valence-electron chi connectivity index (χ4n) is 1.35. The summed E-state index contributed by atoms with van der Waals surface area (Å²) in [7, 11) is 1.71. The summed E-state index contributed by atoms with van der Waals surface area (Å²) in [5.41, 5.74) is 0.513. The number of hydrogen-bond donors (Lipinski definition) is 2. The number of aromatic nitrogens is 2. The third-order valence-corrected chi connectivity index (χ3v) is 1.96. The van der Waals surface area contributed by atoms with Crippen molar-refractivity contribution < 1.29 is 15.0 Å². The number of aromatic carboxylic acids is 1. The minimum Gasteiger partial charge on any atom is -0.507 e. The maximum absolute atomic E-state index is 10.7. The van der Waals surface area contributed by atoms with E-state index in [9.17, 15) is 9.90 Å². The monoisotopic (exact) mass is 192 g/mol. The SMILES string of the molecule is Cn1cc2c(O)cc(C(=O)O)cc2n1. The molecule has 72 valence electrons. The second-order valence-electron chi connectivity index (χ2n) is 3.04. The fourth-order valence-corrected chi connectivity index (χ4v) is 1.35. The Morgan fingerprint density at radius 2 is 2.21 bits per heavy atom. The molecule has 0 aliphatic rings. The van der Waals surface area contributed by atoms with E-state index in [0.29, 0.717) is 10.9 Å². The number of aryl methyl sites for hydroxylation is 1. The van der Waals surface area contributed by atoms with Gasteiger partial charge in [0.1, 0.15) is 5.75 Å². The first kappa shape index (κ1) is 8.55. The first-order valence-electron chi connectivity index (χ1n) is 3.97. The molecule has 5 heteroatoms. The molecule has 1 aromatic heterocycles. The maximum Gasteiger partial charge on any atom is 0.335 e. The van der Waals surface area contributed by atoms with E-state index in [4.69, 9.17) is 5.11 Å². The molecule has 2 N–H and O–H groups in total. The second-order valence-corrected chi connectivity index (χ2v) is 3.04. The number of nitrogens with zero attached hydrogens (tertiary/aromatic N) is 2. The number of phenolic OH excluding ortho intramolecular Hbond substituents is 1. The third-order valence-electron chi connectivity index (χ3n) is 1.96. The summed E-state index contributed by atoms with van der Waals surface area (Å²) in [5.74, 6) is -1.14. The molecule has 2 rings (SSSR count). The van der Waals surface area contributed by atoms with E-state index in [1.807, 2.05) is 0 Å². The third kappa shape index (κ3) is 1.19. The zero-order valence-corrected chi connectivity index (χ0v) is 7.43. The molecule has 0 aliphatic heterocycles. The van der Waals surface area contributed by atoms with Crippen LogP contribution in [0.5, 0.6) is 5.75 Å². The Kier molecular flexibility index (Phi) is 1.67. The molecule has 0 saturated heterocycles. The topological polar surface area (TPSA) is 75.4 Å². The Morgan fingerprint density at radius 3 is 2.86 bits per heavy atom. The smallest absolute Gasteiger partial charge is 0.335 e. The van der Waals surface area contributed by atoms with Crippen LogP contribution in [0.1, 0.15) is 10.4 Å². The van der Waals surface area contributed by atoms with Crippen molar-refractivity contribution in [3.63, 3.8) is 0 Å². The summed E-state index contributed by atoms with van der Waals surface area (Å²) < 4.78 is 1.52. The van der Waals surface area contributed by atoms with Crippen molar-refractivity contribution in [1.82, 2.24) is 9.78 Å². The zero-order chi connectivity index (χ0) is 10.3. The Labute approximate surface area is 79.2 Å². The number of carbonyl (C=O) groups is 1. The van der Waals surface area contributed by atoms with E-state index >= 15 is 0 Å². The number of rotatable bonds is 1. The van der Waals surface area contributed by atoms with Crippen LogP contribution in [0.15, 0.2) is 18.3 Å². The van der Waals surface area contributed by atoms with E-state index < -0.39 is 5.97 Å². The Balaban J connectivity index is 2.77. The van der Waals surface area contributed by atoms with Crippen LogP contribution in [0.2, 0.25) is 0 Å².